The van der Waals surface area contributed by atoms with Gasteiger partial charge in [0, 0.05) is 6.07 Å². The maximum Gasteiger partial charge on any atom is 0.167 e. The first kappa shape index (κ1) is 13.9. The molecular formula is C16H16O4. The Morgan fingerprint density at radius 1 is 0.900 bits per heavy atom. The van der Waals surface area contributed by atoms with Gasteiger partial charge in [-0.1, -0.05) is 12.1 Å². The topological polar surface area (TPSA) is 44.8 Å². The lowest BCUT2D eigenvalue weighted by molar-refractivity contribution is 0.101. The number of carbonyl (C=O) groups is 1. The molecule has 0 aliphatic carbocycles. The third kappa shape index (κ3) is 2.91. The van der Waals surface area contributed by atoms with Crippen molar-refractivity contribution < 1.29 is 19.0 Å². The van der Waals surface area contributed by atoms with Crippen molar-refractivity contribution in [2.75, 3.05) is 14.2 Å². The maximum absolute atomic E-state index is 11.8. The van der Waals surface area contributed by atoms with Crippen molar-refractivity contribution in [1.82, 2.24) is 0 Å². The number of benzene rings is 2. The number of Topliss-reactive ketones (excluding diaryl/α,β-unsaturated/α-hetero) is 1. The summed E-state index contributed by atoms with van der Waals surface area (Å²) in [5, 5.41) is 0. The lowest BCUT2D eigenvalue weighted by Crippen LogP contribution is -2.01. The summed E-state index contributed by atoms with van der Waals surface area (Å²) in [6.07, 6.45) is 0. The predicted molar refractivity (Wildman–Crippen MR) is 76.1 cm³/mol. The van der Waals surface area contributed by atoms with Crippen LogP contribution in [0.1, 0.15) is 17.3 Å². The summed E-state index contributed by atoms with van der Waals surface area (Å²) < 4.78 is 16.1. The van der Waals surface area contributed by atoms with Crippen LogP contribution in [0.25, 0.3) is 0 Å². The Balaban J connectivity index is 2.40. The summed E-state index contributed by atoms with van der Waals surface area (Å²) in [6.45, 7) is 1.48. The first-order chi connectivity index (χ1) is 9.65. The molecule has 0 saturated carbocycles. The van der Waals surface area contributed by atoms with Gasteiger partial charge in [0.25, 0.3) is 0 Å². The minimum absolute atomic E-state index is 0.111. The van der Waals surface area contributed by atoms with Crippen LogP contribution in [-0.4, -0.2) is 20.0 Å². The SMILES string of the molecule is COc1cccc(Oc2cccc(OC)c2C(C)=O)c1. The fraction of sp³-hybridized carbons (Fsp3) is 0.188. The minimum atomic E-state index is -0.111. The van der Waals surface area contributed by atoms with E-state index < -0.39 is 0 Å². The Morgan fingerprint density at radius 2 is 1.55 bits per heavy atom. The summed E-state index contributed by atoms with van der Waals surface area (Å²) in [7, 11) is 3.11. The molecule has 0 radical (unpaired) electrons. The summed E-state index contributed by atoms with van der Waals surface area (Å²) in [6, 6.07) is 12.4. The molecular weight excluding hydrogens is 256 g/mol. The maximum atomic E-state index is 11.8. The molecule has 2 rings (SSSR count). The molecule has 2 aromatic rings. The molecule has 0 atom stereocenters. The van der Waals surface area contributed by atoms with Gasteiger partial charge in [-0.2, -0.15) is 0 Å². The molecule has 4 nitrogen and oxygen atoms in total. The van der Waals surface area contributed by atoms with Crippen molar-refractivity contribution in [3.05, 3.63) is 48.0 Å². The quantitative estimate of drug-likeness (QED) is 0.778. The van der Waals surface area contributed by atoms with Crippen molar-refractivity contribution in [1.29, 1.82) is 0 Å². The average molecular weight is 272 g/mol. The Kier molecular flexibility index (Phi) is 4.25. The van der Waals surface area contributed by atoms with Crippen LogP contribution in [0.15, 0.2) is 42.5 Å². The van der Waals surface area contributed by atoms with Gasteiger partial charge in [0.1, 0.15) is 28.6 Å². The number of carbonyl (C=O) groups excluding carboxylic acids is 1. The van der Waals surface area contributed by atoms with E-state index in [4.69, 9.17) is 14.2 Å². The molecule has 0 unspecified atom stereocenters. The van der Waals surface area contributed by atoms with E-state index in [1.807, 2.05) is 12.1 Å². The van der Waals surface area contributed by atoms with Crippen LogP contribution >= 0.6 is 0 Å². The van der Waals surface area contributed by atoms with Gasteiger partial charge in [-0.3, -0.25) is 4.79 Å². The lowest BCUT2D eigenvalue weighted by atomic mass is 10.1. The van der Waals surface area contributed by atoms with Crippen LogP contribution in [0.3, 0.4) is 0 Å². The highest BCUT2D eigenvalue weighted by Gasteiger charge is 2.15. The molecule has 20 heavy (non-hydrogen) atoms. The standard InChI is InChI=1S/C16H16O4/c1-11(17)16-14(19-3)8-5-9-15(16)20-13-7-4-6-12(10-13)18-2/h4-10H,1-3H3. The van der Waals surface area contributed by atoms with Crippen LogP contribution in [-0.2, 0) is 0 Å². The highest BCUT2D eigenvalue weighted by atomic mass is 16.5. The Labute approximate surface area is 117 Å². The van der Waals surface area contributed by atoms with Gasteiger partial charge in [0.05, 0.1) is 14.2 Å². The zero-order valence-electron chi connectivity index (χ0n) is 11.7. The lowest BCUT2D eigenvalue weighted by Gasteiger charge is -2.13. The number of rotatable bonds is 5. The van der Waals surface area contributed by atoms with Crippen molar-refractivity contribution >= 4 is 5.78 Å². The molecule has 0 fully saturated rings. The van der Waals surface area contributed by atoms with E-state index in [2.05, 4.69) is 0 Å². The number of ether oxygens (including phenoxy) is 3. The van der Waals surface area contributed by atoms with E-state index in [0.717, 1.165) is 0 Å². The molecule has 0 aromatic heterocycles. The zero-order valence-corrected chi connectivity index (χ0v) is 11.7. The molecule has 2 aromatic carbocycles. The smallest absolute Gasteiger partial charge is 0.167 e. The molecule has 0 heterocycles. The highest BCUT2D eigenvalue weighted by Crippen LogP contribution is 2.33. The van der Waals surface area contributed by atoms with Crippen LogP contribution in [0.4, 0.5) is 0 Å². The summed E-state index contributed by atoms with van der Waals surface area (Å²) in [4.78, 5) is 11.8. The van der Waals surface area contributed by atoms with E-state index in [1.54, 1.807) is 37.4 Å². The molecule has 104 valence electrons. The van der Waals surface area contributed by atoms with Crippen LogP contribution < -0.4 is 14.2 Å². The first-order valence-corrected chi connectivity index (χ1v) is 6.15. The predicted octanol–water partition coefficient (Wildman–Crippen LogP) is 3.70. The van der Waals surface area contributed by atoms with Crippen LogP contribution in [0, 0.1) is 0 Å². The normalized spacial score (nSPS) is 9.95. The Bertz CT molecular complexity index is 620. The molecule has 0 saturated heterocycles. The van der Waals surface area contributed by atoms with Gasteiger partial charge >= 0.3 is 0 Å². The number of hydrogen-bond donors (Lipinski definition) is 0. The fourth-order valence-corrected chi connectivity index (χ4v) is 1.90. The largest absolute Gasteiger partial charge is 0.497 e. The van der Waals surface area contributed by atoms with Gasteiger partial charge in [0.2, 0.25) is 0 Å². The molecule has 0 amide bonds. The van der Waals surface area contributed by atoms with Crippen LogP contribution in [0.5, 0.6) is 23.0 Å². The highest BCUT2D eigenvalue weighted by molar-refractivity contribution is 5.99. The molecule has 0 bridgehead atoms. The minimum Gasteiger partial charge on any atom is -0.497 e. The third-order valence-corrected chi connectivity index (χ3v) is 2.83. The van der Waals surface area contributed by atoms with Crippen molar-refractivity contribution in [3.63, 3.8) is 0 Å². The van der Waals surface area contributed by atoms with Gasteiger partial charge in [-0.05, 0) is 31.2 Å². The Morgan fingerprint density at radius 3 is 2.20 bits per heavy atom. The molecule has 0 spiro atoms. The van der Waals surface area contributed by atoms with E-state index in [1.165, 1.54) is 14.0 Å². The summed E-state index contributed by atoms with van der Waals surface area (Å²) in [5.41, 5.74) is 0.429. The molecule has 0 aliphatic heterocycles. The molecule has 0 N–H and O–H groups in total. The second-order valence-corrected chi connectivity index (χ2v) is 4.17. The fourth-order valence-electron chi connectivity index (χ4n) is 1.90. The van der Waals surface area contributed by atoms with E-state index >= 15 is 0 Å². The van der Waals surface area contributed by atoms with E-state index in [-0.39, 0.29) is 5.78 Å². The number of methoxy groups -OCH3 is 2. The van der Waals surface area contributed by atoms with Crippen LogP contribution in [0.2, 0.25) is 0 Å². The van der Waals surface area contributed by atoms with E-state index in [0.29, 0.717) is 28.6 Å². The number of ketones is 1. The zero-order chi connectivity index (χ0) is 14.5. The van der Waals surface area contributed by atoms with Gasteiger partial charge < -0.3 is 14.2 Å². The van der Waals surface area contributed by atoms with Gasteiger partial charge in [0.15, 0.2) is 5.78 Å². The second-order valence-electron chi connectivity index (χ2n) is 4.17. The monoisotopic (exact) mass is 272 g/mol. The average Bonchev–Trinajstić information content (AvgIpc) is 2.46. The van der Waals surface area contributed by atoms with E-state index in [9.17, 15) is 4.79 Å². The first-order valence-electron chi connectivity index (χ1n) is 6.15. The van der Waals surface area contributed by atoms with Gasteiger partial charge in [-0.15, -0.1) is 0 Å². The second kappa shape index (κ2) is 6.10. The molecule has 4 heteroatoms. The Hall–Kier alpha value is -2.49. The number of hydrogen-bond acceptors (Lipinski definition) is 4. The summed E-state index contributed by atoms with van der Waals surface area (Å²) >= 11 is 0. The van der Waals surface area contributed by atoms with Crippen molar-refractivity contribution in [2.45, 2.75) is 6.92 Å². The summed E-state index contributed by atoms with van der Waals surface area (Å²) in [5.74, 6) is 2.14. The van der Waals surface area contributed by atoms with Crippen molar-refractivity contribution in [2.24, 2.45) is 0 Å². The van der Waals surface area contributed by atoms with Crippen molar-refractivity contribution in [3.8, 4) is 23.0 Å². The third-order valence-electron chi connectivity index (χ3n) is 2.83. The molecule has 0 aliphatic rings. The van der Waals surface area contributed by atoms with Gasteiger partial charge in [-0.25, -0.2) is 0 Å².